The van der Waals surface area contributed by atoms with E-state index in [0.717, 1.165) is 37.7 Å². The summed E-state index contributed by atoms with van der Waals surface area (Å²) in [6.45, 7) is 7.15. The van der Waals surface area contributed by atoms with Crippen LogP contribution in [-0.2, 0) is 9.53 Å². The maximum Gasteiger partial charge on any atom is 0.267 e. The third-order valence-electron chi connectivity index (χ3n) is 5.86. The molecular formula is C24H30N4O3S2. The molecule has 0 atom stereocenters. The van der Waals surface area contributed by atoms with Crippen LogP contribution >= 0.6 is 24.0 Å². The molecule has 33 heavy (non-hydrogen) atoms. The minimum atomic E-state index is -0.212. The first-order chi connectivity index (χ1) is 15.8. The zero-order valence-corrected chi connectivity index (χ0v) is 20.9. The van der Waals surface area contributed by atoms with Gasteiger partial charge in [-0.25, -0.2) is 4.98 Å². The number of hydrogen-bond acceptors (Lipinski definition) is 7. The first-order valence-electron chi connectivity index (χ1n) is 11.5. The van der Waals surface area contributed by atoms with Gasteiger partial charge in [-0.3, -0.25) is 18.9 Å². The summed E-state index contributed by atoms with van der Waals surface area (Å²) in [5.41, 5.74) is 1.67. The van der Waals surface area contributed by atoms with Crippen molar-refractivity contribution in [3.05, 3.63) is 44.7 Å². The van der Waals surface area contributed by atoms with Crippen molar-refractivity contribution in [3.8, 4) is 0 Å². The van der Waals surface area contributed by atoms with Crippen LogP contribution in [0.15, 0.2) is 28.0 Å². The third kappa shape index (κ3) is 5.31. The second-order valence-electron chi connectivity index (χ2n) is 8.80. The topological polar surface area (TPSA) is 75.9 Å². The Morgan fingerprint density at radius 2 is 2.06 bits per heavy atom. The minimum absolute atomic E-state index is 0.109. The number of amides is 1. The van der Waals surface area contributed by atoms with Gasteiger partial charge in [-0.05, 0) is 57.7 Å². The summed E-state index contributed by atoms with van der Waals surface area (Å²) in [6.07, 6.45) is 8.56. The lowest BCUT2D eigenvalue weighted by Gasteiger charge is -2.21. The van der Waals surface area contributed by atoms with E-state index in [-0.39, 0.29) is 23.6 Å². The van der Waals surface area contributed by atoms with Crippen molar-refractivity contribution in [3.63, 3.8) is 0 Å². The van der Waals surface area contributed by atoms with Crippen molar-refractivity contribution >= 4 is 51.7 Å². The fourth-order valence-corrected chi connectivity index (χ4v) is 5.59. The molecule has 4 rings (SSSR count). The van der Waals surface area contributed by atoms with Crippen molar-refractivity contribution in [2.45, 2.75) is 65.0 Å². The molecule has 0 aromatic carbocycles. The molecule has 1 aliphatic carbocycles. The van der Waals surface area contributed by atoms with Gasteiger partial charge in [-0.1, -0.05) is 42.9 Å². The number of aryl methyl sites for hydroxylation is 1. The summed E-state index contributed by atoms with van der Waals surface area (Å²) in [5, 5.41) is 3.28. The van der Waals surface area contributed by atoms with Crippen LogP contribution in [0.2, 0.25) is 0 Å². The minimum Gasteiger partial charge on any atom is -0.379 e. The van der Waals surface area contributed by atoms with Gasteiger partial charge in [0.15, 0.2) is 0 Å². The normalized spacial score (nSPS) is 18.4. The molecule has 2 aromatic heterocycles. The van der Waals surface area contributed by atoms with Crippen LogP contribution in [0.5, 0.6) is 0 Å². The van der Waals surface area contributed by atoms with Gasteiger partial charge < -0.3 is 10.1 Å². The number of carbonyl (C=O) groups is 1. The fraction of sp³-hybridized carbons (Fsp3) is 0.500. The van der Waals surface area contributed by atoms with Crippen molar-refractivity contribution in [2.24, 2.45) is 0 Å². The fourth-order valence-electron chi connectivity index (χ4n) is 4.21. The van der Waals surface area contributed by atoms with E-state index in [1.54, 1.807) is 17.2 Å². The highest BCUT2D eigenvalue weighted by Gasteiger charge is 2.38. The van der Waals surface area contributed by atoms with E-state index < -0.39 is 0 Å². The number of rotatable bonds is 8. The molecule has 1 amide bonds. The first-order valence-corrected chi connectivity index (χ1v) is 12.7. The van der Waals surface area contributed by atoms with Crippen LogP contribution in [0.1, 0.15) is 57.1 Å². The second kappa shape index (κ2) is 10.4. The number of thiocarbonyl (C=S) groups is 1. The van der Waals surface area contributed by atoms with Crippen LogP contribution in [0.3, 0.4) is 0 Å². The van der Waals surface area contributed by atoms with Crippen LogP contribution in [0.25, 0.3) is 11.7 Å². The second-order valence-corrected chi connectivity index (χ2v) is 10.5. The van der Waals surface area contributed by atoms with E-state index in [1.807, 2.05) is 32.9 Å². The molecule has 2 aromatic rings. The summed E-state index contributed by atoms with van der Waals surface area (Å²) >= 11 is 6.80. The van der Waals surface area contributed by atoms with E-state index in [9.17, 15) is 9.59 Å². The van der Waals surface area contributed by atoms with Gasteiger partial charge in [0.1, 0.15) is 15.8 Å². The molecule has 2 fully saturated rings. The quantitative estimate of drug-likeness (QED) is 0.337. The molecule has 0 spiro atoms. The average Bonchev–Trinajstić information content (AvgIpc) is 3.38. The monoisotopic (exact) mass is 486 g/mol. The van der Waals surface area contributed by atoms with E-state index in [4.69, 9.17) is 21.9 Å². The number of nitrogens with zero attached hydrogens (tertiary/aromatic N) is 3. The molecule has 2 aliphatic rings. The summed E-state index contributed by atoms with van der Waals surface area (Å²) in [5.74, 6) is 0.362. The van der Waals surface area contributed by atoms with Crippen molar-refractivity contribution < 1.29 is 9.53 Å². The zero-order chi connectivity index (χ0) is 23.5. The van der Waals surface area contributed by atoms with Crippen LogP contribution in [-0.4, -0.2) is 49.8 Å². The summed E-state index contributed by atoms with van der Waals surface area (Å²) in [7, 11) is 0. The number of hydrogen-bond donors (Lipinski definition) is 1. The van der Waals surface area contributed by atoms with Gasteiger partial charge in [-0.2, -0.15) is 0 Å². The van der Waals surface area contributed by atoms with Gasteiger partial charge in [0.05, 0.1) is 16.6 Å². The predicted octanol–water partition coefficient (Wildman–Crippen LogP) is 4.37. The summed E-state index contributed by atoms with van der Waals surface area (Å²) < 4.78 is 7.71. The molecule has 0 bridgehead atoms. The first kappa shape index (κ1) is 23.9. The molecule has 1 N–H and O–H groups in total. The maximum atomic E-state index is 13.4. The van der Waals surface area contributed by atoms with Gasteiger partial charge in [0.25, 0.3) is 11.5 Å². The Balaban J connectivity index is 1.67. The molecule has 1 aliphatic heterocycles. The summed E-state index contributed by atoms with van der Waals surface area (Å²) in [6, 6.07) is 3.92. The van der Waals surface area contributed by atoms with Gasteiger partial charge in [-0.15, -0.1) is 0 Å². The third-order valence-corrected chi connectivity index (χ3v) is 7.19. The number of thioether (sulfide) groups is 1. The Hall–Kier alpha value is -2.23. The van der Waals surface area contributed by atoms with Crippen molar-refractivity contribution in [1.82, 2.24) is 14.3 Å². The standard InChI is InChI=1S/C24H30N4O3S2/c1-15(2)31-12-6-11-25-21-18(22(29)27-14-16(3)9-10-20(27)26-21)13-19-23(30)28(24(32)33-19)17-7-4-5-8-17/h9-10,13-15,17,25H,4-8,11-12H2,1-3H3/b19-13-. The molecule has 1 saturated heterocycles. The van der Waals surface area contributed by atoms with Gasteiger partial charge in [0, 0.05) is 25.4 Å². The predicted molar refractivity (Wildman–Crippen MR) is 138 cm³/mol. The molecule has 0 unspecified atom stereocenters. The number of carbonyl (C=O) groups excluding carboxylic acids is 1. The lowest BCUT2D eigenvalue weighted by molar-refractivity contribution is -0.123. The van der Waals surface area contributed by atoms with E-state index in [0.29, 0.717) is 39.4 Å². The van der Waals surface area contributed by atoms with Gasteiger partial charge in [0.2, 0.25) is 0 Å². The average molecular weight is 487 g/mol. The smallest absolute Gasteiger partial charge is 0.267 e. The SMILES string of the molecule is Cc1ccc2nc(NCCCOC(C)C)c(/C=C3\SC(=S)N(C4CCCC4)C3=O)c(=O)n2c1. The summed E-state index contributed by atoms with van der Waals surface area (Å²) in [4.78, 5) is 33.5. The molecular weight excluding hydrogens is 456 g/mol. The number of fused-ring (bicyclic) bond motifs is 1. The van der Waals surface area contributed by atoms with Crippen molar-refractivity contribution in [2.75, 3.05) is 18.5 Å². The number of aromatic nitrogens is 2. The lowest BCUT2D eigenvalue weighted by Crippen LogP contribution is -2.36. The number of anilines is 1. The number of nitrogens with one attached hydrogen (secondary N) is 1. The molecule has 3 heterocycles. The Morgan fingerprint density at radius 3 is 2.79 bits per heavy atom. The maximum absolute atomic E-state index is 13.4. The highest BCUT2D eigenvalue weighted by Crippen LogP contribution is 2.38. The van der Waals surface area contributed by atoms with Crippen LogP contribution < -0.4 is 10.9 Å². The Bertz CT molecular complexity index is 1150. The molecule has 1 saturated carbocycles. The number of pyridine rings is 1. The van der Waals surface area contributed by atoms with E-state index >= 15 is 0 Å². The Labute approximate surface area is 203 Å². The molecule has 176 valence electrons. The van der Waals surface area contributed by atoms with E-state index in [1.165, 1.54) is 16.2 Å². The Kier molecular flexibility index (Phi) is 7.51. The van der Waals surface area contributed by atoms with Crippen LogP contribution in [0, 0.1) is 6.92 Å². The van der Waals surface area contributed by atoms with Gasteiger partial charge >= 0.3 is 0 Å². The van der Waals surface area contributed by atoms with E-state index in [2.05, 4.69) is 5.32 Å². The highest BCUT2D eigenvalue weighted by atomic mass is 32.2. The molecule has 0 radical (unpaired) electrons. The molecule has 9 heteroatoms. The Morgan fingerprint density at radius 1 is 1.30 bits per heavy atom. The highest BCUT2D eigenvalue weighted by molar-refractivity contribution is 8.26. The zero-order valence-electron chi connectivity index (χ0n) is 19.3. The number of ether oxygens (including phenoxy) is 1. The molecule has 7 nitrogen and oxygen atoms in total. The lowest BCUT2D eigenvalue weighted by atomic mass is 10.2. The van der Waals surface area contributed by atoms with Crippen LogP contribution in [0.4, 0.5) is 5.82 Å². The largest absolute Gasteiger partial charge is 0.379 e. The van der Waals surface area contributed by atoms with Crippen molar-refractivity contribution in [1.29, 1.82) is 0 Å².